The number of benzene rings is 1. The molecular formula is C14H22N2O. The van der Waals surface area contributed by atoms with Crippen LogP contribution in [0, 0.1) is 11.8 Å². The fourth-order valence-electron chi connectivity index (χ4n) is 2.40. The first-order valence-electron chi connectivity index (χ1n) is 6.29. The maximum absolute atomic E-state index is 5.90. The second kappa shape index (κ2) is 4.86. The first-order chi connectivity index (χ1) is 8.10. The molecule has 1 aromatic carbocycles. The lowest BCUT2D eigenvalue weighted by Gasteiger charge is -2.37. The Hall–Kier alpha value is -1.38. The minimum atomic E-state index is 0.733. The quantitative estimate of drug-likeness (QED) is 0.800. The van der Waals surface area contributed by atoms with Gasteiger partial charge in [-0.2, -0.15) is 0 Å². The van der Waals surface area contributed by atoms with E-state index in [0.717, 1.165) is 36.4 Å². The summed E-state index contributed by atoms with van der Waals surface area (Å²) in [4.78, 5) is 2.41. The van der Waals surface area contributed by atoms with Gasteiger partial charge in [0.15, 0.2) is 0 Å². The number of piperidine rings is 1. The Morgan fingerprint density at radius 2 is 2.00 bits per heavy atom. The number of ether oxygens (including phenoxy) is 1. The molecule has 0 aromatic heterocycles. The Morgan fingerprint density at radius 3 is 2.65 bits per heavy atom. The zero-order valence-corrected chi connectivity index (χ0v) is 10.9. The number of anilines is 2. The molecule has 2 N–H and O–H groups in total. The first-order valence-corrected chi connectivity index (χ1v) is 6.29. The number of nitrogens with zero attached hydrogens (tertiary/aromatic N) is 1. The third-order valence-corrected chi connectivity index (χ3v) is 3.85. The van der Waals surface area contributed by atoms with E-state index in [1.807, 2.05) is 12.1 Å². The molecule has 2 unspecified atom stereocenters. The zero-order chi connectivity index (χ0) is 12.4. The predicted octanol–water partition coefficient (Wildman–Crippen LogP) is 2.76. The van der Waals surface area contributed by atoms with Crippen molar-refractivity contribution in [1.29, 1.82) is 0 Å². The van der Waals surface area contributed by atoms with Crippen LogP contribution in [0.1, 0.15) is 20.3 Å². The summed E-state index contributed by atoms with van der Waals surface area (Å²) in [5, 5.41) is 0. The standard InChI is InChI=1S/C14H22N2O/c1-10-4-5-16(9-11(10)2)13-6-12(15)7-14(8-13)17-3/h6-8,10-11H,4-5,9,15H2,1-3H3. The monoisotopic (exact) mass is 234 g/mol. The Kier molecular flexibility index (Phi) is 3.46. The molecule has 17 heavy (non-hydrogen) atoms. The van der Waals surface area contributed by atoms with E-state index in [9.17, 15) is 0 Å². The van der Waals surface area contributed by atoms with Gasteiger partial charge < -0.3 is 15.4 Å². The smallest absolute Gasteiger partial charge is 0.122 e. The molecule has 2 rings (SSSR count). The summed E-state index contributed by atoms with van der Waals surface area (Å²) in [6.45, 7) is 6.87. The van der Waals surface area contributed by atoms with Gasteiger partial charge in [-0.15, -0.1) is 0 Å². The fourth-order valence-corrected chi connectivity index (χ4v) is 2.40. The third kappa shape index (κ3) is 2.65. The highest BCUT2D eigenvalue weighted by atomic mass is 16.5. The topological polar surface area (TPSA) is 38.5 Å². The number of hydrogen-bond acceptors (Lipinski definition) is 3. The van der Waals surface area contributed by atoms with Crippen LogP contribution in [0.3, 0.4) is 0 Å². The van der Waals surface area contributed by atoms with E-state index in [2.05, 4.69) is 24.8 Å². The lowest BCUT2D eigenvalue weighted by atomic mass is 9.88. The van der Waals surface area contributed by atoms with Crippen molar-refractivity contribution in [3.8, 4) is 5.75 Å². The summed E-state index contributed by atoms with van der Waals surface area (Å²) in [7, 11) is 1.68. The highest BCUT2D eigenvalue weighted by molar-refractivity contribution is 5.60. The maximum Gasteiger partial charge on any atom is 0.122 e. The van der Waals surface area contributed by atoms with Crippen LogP contribution < -0.4 is 15.4 Å². The minimum Gasteiger partial charge on any atom is -0.497 e. The van der Waals surface area contributed by atoms with Crippen molar-refractivity contribution in [2.24, 2.45) is 11.8 Å². The number of hydrogen-bond donors (Lipinski definition) is 1. The SMILES string of the molecule is COc1cc(N)cc(N2CCC(C)C(C)C2)c1. The van der Waals surface area contributed by atoms with Crippen LogP contribution in [-0.4, -0.2) is 20.2 Å². The molecule has 2 atom stereocenters. The summed E-state index contributed by atoms with van der Waals surface area (Å²) in [5.74, 6) is 2.39. The van der Waals surface area contributed by atoms with Gasteiger partial charge in [0.05, 0.1) is 7.11 Å². The molecular weight excluding hydrogens is 212 g/mol. The number of methoxy groups -OCH3 is 1. The molecule has 1 aliphatic heterocycles. The molecule has 3 heteroatoms. The molecule has 3 nitrogen and oxygen atoms in total. The van der Waals surface area contributed by atoms with Crippen LogP contribution in [-0.2, 0) is 0 Å². The molecule has 1 heterocycles. The summed E-state index contributed by atoms with van der Waals surface area (Å²) in [6.07, 6.45) is 1.25. The summed E-state index contributed by atoms with van der Waals surface area (Å²) in [6, 6.07) is 5.96. The Bertz CT molecular complexity index is 392. The third-order valence-electron chi connectivity index (χ3n) is 3.85. The lowest BCUT2D eigenvalue weighted by molar-refractivity contribution is 0.323. The van der Waals surface area contributed by atoms with Gasteiger partial charge in [-0.25, -0.2) is 0 Å². The van der Waals surface area contributed by atoms with Gasteiger partial charge in [0.25, 0.3) is 0 Å². The second-order valence-electron chi connectivity index (χ2n) is 5.15. The van der Waals surface area contributed by atoms with Gasteiger partial charge in [-0.1, -0.05) is 13.8 Å². The van der Waals surface area contributed by atoms with Crippen molar-refractivity contribution in [2.75, 3.05) is 30.8 Å². The van der Waals surface area contributed by atoms with Crippen LogP contribution in [0.15, 0.2) is 18.2 Å². The average molecular weight is 234 g/mol. The summed E-state index contributed by atoms with van der Waals surface area (Å²) >= 11 is 0. The summed E-state index contributed by atoms with van der Waals surface area (Å²) < 4.78 is 5.27. The molecule has 0 saturated carbocycles. The number of nitrogens with two attached hydrogens (primary N) is 1. The van der Waals surface area contributed by atoms with Crippen molar-refractivity contribution in [3.63, 3.8) is 0 Å². The van der Waals surface area contributed by atoms with Crippen molar-refractivity contribution >= 4 is 11.4 Å². The van der Waals surface area contributed by atoms with Gasteiger partial charge in [0, 0.05) is 36.6 Å². The second-order valence-corrected chi connectivity index (χ2v) is 5.15. The molecule has 0 radical (unpaired) electrons. The van der Waals surface area contributed by atoms with Crippen LogP contribution in [0.5, 0.6) is 5.75 Å². The van der Waals surface area contributed by atoms with E-state index < -0.39 is 0 Å². The van der Waals surface area contributed by atoms with Crippen molar-refractivity contribution in [1.82, 2.24) is 0 Å². The molecule has 0 amide bonds. The van der Waals surface area contributed by atoms with E-state index in [4.69, 9.17) is 10.5 Å². The Balaban J connectivity index is 2.19. The van der Waals surface area contributed by atoms with Crippen LogP contribution in [0.4, 0.5) is 11.4 Å². The van der Waals surface area contributed by atoms with E-state index in [1.165, 1.54) is 12.1 Å². The van der Waals surface area contributed by atoms with E-state index in [0.29, 0.717) is 0 Å². The highest BCUT2D eigenvalue weighted by Crippen LogP contribution is 2.30. The molecule has 94 valence electrons. The van der Waals surface area contributed by atoms with Crippen LogP contribution >= 0.6 is 0 Å². The van der Waals surface area contributed by atoms with Gasteiger partial charge in [0.2, 0.25) is 0 Å². The van der Waals surface area contributed by atoms with Crippen molar-refractivity contribution < 1.29 is 4.74 Å². The van der Waals surface area contributed by atoms with Crippen molar-refractivity contribution in [3.05, 3.63) is 18.2 Å². The minimum absolute atomic E-state index is 0.733. The fraction of sp³-hybridized carbons (Fsp3) is 0.571. The average Bonchev–Trinajstić information content (AvgIpc) is 2.32. The van der Waals surface area contributed by atoms with Crippen LogP contribution in [0.2, 0.25) is 0 Å². The number of rotatable bonds is 2. The molecule has 0 spiro atoms. The number of nitrogen functional groups attached to an aromatic ring is 1. The first kappa shape index (κ1) is 12.1. The lowest BCUT2D eigenvalue weighted by Crippen LogP contribution is -2.38. The van der Waals surface area contributed by atoms with Gasteiger partial charge in [-0.05, 0) is 24.3 Å². The zero-order valence-electron chi connectivity index (χ0n) is 10.9. The predicted molar refractivity (Wildman–Crippen MR) is 72.6 cm³/mol. The van der Waals surface area contributed by atoms with Crippen molar-refractivity contribution in [2.45, 2.75) is 20.3 Å². The van der Waals surface area contributed by atoms with Gasteiger partial charge >= 0.3 is 0 Å². The van der Waals surface area contributed by atoms with Gasteiger partial charge in [0.1, 0.15) is 5.75 Å². The van der Waals surface area contributed by atoms with Crippen LogP contribution in [0.25, 0.3) is 0 Å². The maximum atomic E-state index is 5.90. The largest absolute Gasteiger partial charge is 0.497 e. The van der Waals surface area contributed by atoms with E-state index >= 15 is 0 Å². The molecule has 1 saturated heterocycles. The Morgan fingerprint density at radius 1 is 1.24 bits per heavy atom. The summed E-state index contributed by atoms with van der Waals surface area (Å²) in [5.41, 5.74) is 7.85. The van der Waals surface area contributed by atoms with E-state index in [-0.39, 0.29) is 0 Å². The van der Waals surface area contributed by atoms with E-state index in [1.54, 1.807) is 7.11 Å². The highest BCUT2D eigenvalue weighted by Gasteiger charge is 2.23. The molecule has 0 bridgehead atoms. The normalized spacial score (nSPS) is 24.8. The molecule has 0 aliphatic carbocycles. The molecule has 1 aromatic rings. The van der Waals surface area contributed by atoms with Gasteiger partial charge in [-0.3, -0.25) is 0 Å². The Labute approximate surface area is 104 Å². The molecule has 1 aliphatic rings. The molecule has 1 fully saturated rings.